The summed E-state index contributed by atoms with van der Waals surface area (Å²) in [7, 11) is 1.86. The molecule has 1 fully saturated rings. The first-order valence-corrected chi connectivity index (χ1v) is 6.48. The number of nitrogens with zero attached hydrogens (tertiary/aromatic N) is 1. The summed E-state index contributed by atoms with van der Waals surface area (Å²) in [6.45, 7) is 4.27. The first kappa shape index (κ1) is 13.3. The van der Waals surface area contributed by atoms with Crippen molar-refractivity contribution in [1.29, 1.82) is 0 Å². The van der Waals surface area contributed by atoms with Crippen molar-refractivity contribution < 1.29 is 9.50 Å². The highest BCUT2D eigenvalue weighted by Crippen LogP contribution is 2.29. The Morgan fingerprint density at radius 1 is 1.56 bits per heavy atom. The molecule has 2 atom stereocenters. The molecular weight excluding hydrogens is 231 g/mol. The lowest BCUT2D eigenvalue weighted by molar-refractivity contribution is 0.136. The summed E-state index contributed by atoms with van der Waals surface area (Å²) in [5.74, 6) is 0.118. The number of benzene rings is 1. The van der Waals surface area contributed by atoms with Gasteiger partial charge in [-0.3, -0.25) is 0 Å². The van der Waals surface area contributed by atoms with Gasteiger partial charge in [-0.15, -0.1) is 0 Å². The quantitative estimate of drug-likeness (QED) is 0.857. The average molecular weight is 252 g/mol. The van der Waals surface area contributed by atoms with Gasteiger partial charge >= 0.3 is 0 Å². The van der Waals surface area contributed by atoms with Gasteiger partial charge in [0.15, 0.2) is 0 Å². The summed E-state index contributed by atoms with van der Waals surface area (Å²) in [6.07, 6.45) is 0.719. The van der Waals surface area contributed by atoms with Gasteiger partial charge in [0.2, 0.25) is 0 Å². The summed E-state index contributed by atoms with van der Waals surface area (Å²) < 4.78 is 13.3. The van der Waals surface area contributed by atoms with Crippen LogP contribution >= 0.6 is 0 Å². The van der Waals surface area contributed by atoms with E-state index < -0.39 is 0 Å². The molecule has 2 unspecified atom stereocenters. The van der Waals surface area contributed by atoms with E-state index >= 15 is 0 Å². The highest BCUT2D eigenvalue weighted by Gasteiger charge is 2.27. The SMILES string of the molecule is CNCc1cc(F)ccc1N1CCC(C(C)O)C1. The van der Waals surface area contributed by atoms with E-state index in [1.54, 1.807) is 6.07 Å². The van der Waals surface area contributed by atoms with Crippen LogP contribution in [0.2, 0.25) is 0 Å². The Balaban J connectivity index is 2.18. The van der Waals surface area contributed by atoms with Crippen LogP contribution in [0.25, 0.3) is 0 Å². The maximum atomic E-state index is 13.3. The predicted molar refractivity (Wildman–Crippen MR) is 71.2 cm³/mol. The van der Waals surface area contributed by atoms with Crippen molar-refractivity contribution in [1.82, 2.24) is 5.32 Å². The first-order chi connectivity index (χ1) is 8.61. The minimum absolute atomic E-state index is 0.199. The van der Waals surface area contributed by atoms with Crippen LogP contribution in [0.3, 0.4) is 0 Å². The predicted octanol–water partition coefficient (Wildman–Crippen LogP) is 1.75. The van der Waals surface area contributed by atoms with Crippen molar-refractivity contribution in [3.8, 4) is 0 Å². The summed E-state index contributed by atoms with van der Waals surface area (Å²) >= 11 is 0. The second-order valence-corrected chi connectivity index (χ2v) is 5.04. The Kier molecular flexibility index (Phi) is 4.19. The smallest absolute Gasteiger partial charge is 0.123 e. The molecule has 2 N–H and O–H groups in total. The fourth-order valence-electron chi connectivity index (χ4n) is 2.59. The number of halogens is 1. The monoisotopic (exact) mass is 252 g/mol. The Morgan fingerprint density at radius 2 is 2.33 bits per heavy atom. The second kappa shape index (κ2) is 5.67. The highest BCUT2D eigenvalue weighted by molar-refractivity contribution is 5.54. The van der Waals surface area contributed by atoms with E-state index in [0.29, 0.717) is 12.5 Å². The minimum Gasteiger partial charge on any atom is -0.393 e. The van der Waals surface area contributed by atoms with E-state index in [-0.39, 0.29) is 11.9 Å². The lowest BCUT2D eigenvalue weighted by atomic mass is 10.0. The standard InChI is InChI=1S/C14H21FN2O/c1-10(18)11-5-6-17(9-11)14-4-3-13(15)7-12(14)8-16-2/h3-4,7,10-11,16,18H,5-6,8-9H2,1-2H3. The van der Waals surface area contributed by atoms with Crippen molar-refractivity contribution in [3.05, 3.63) is 29.6 Å². The molecule has 18 heavy (non-hydrogen) atoms. The van der Waals surface area contributed by atoms with Gasteiger partial charge in [0.25, 0.3) is 0 Å². The minimum atomic E-state index is -0.275. The zero-order valence-electron chi connectivity index (χ0n) is 11.0. The second-order valence-electron chi connectivity index (χ2n) is 5.04. The van der Waals surface area contributed by atoms with Crippen LogP contribution in [0, 0.1) is 11.7 Å². The van der Waals surface area contributed by atoms with Gasteiger partial charge in [-0.2, -0.15) is 0 Å². The van der Waals surface area contributed by atoms with Crippen LogP contribution in [-0.4, -0.2) is 31.3 Å². The van der Waals surface area contributed by atoms with Gasteiger partial charge in [0.05, 0.1) is 6.10 Å². The lowest BCUT2D eigenvalue weighted by Gasteiger charge is -2.23. The van der Waals surface area contributed by atoms with Crippen LogP contribution in [0.4, 0.5) is 10.1 Å². The molecule has 1 saturated heterocycles. The molecule has 1 aromatic rings. The molecule has 3 nitrogen and oxygen atoms in total. The van der Waals surface area contributed by atoms with Gasteiger partial charge in [0, 0.05) is 31.2 Å². The van der Waals surface area contributed by atoms with Crippen LogP contribution in [-0.2, 0) is 6.54 Å². The molecule has 1 heterocycles. The average Bonchev–Trinajstić information content (AvgIpc) is 2.79. The molecule has 0 aromatic heterocycles. The van der Waals surface area contributed by atoms with Gasteiger partial charge in [0.1, 0.15) is 5.82 Å². The number of nitrogens with one attached hydrogen (secondary N) is 1. The zero-order chi connectivity index (χ0) is 13.1. The molecule has 0 spiro atoms. The van der Waals surface area contributed by atoms with Crippen molar-refractivity contribution in [2.75, 3.05) is 25.0 Å². The summed E-state index contributed by atoms with van der Waals surface area (Å²) in [6, 6.07) is 4.93. The van der Waals surface area contributed by atoms with Gasteiger partial charge < -0.3 is 15.3 Å². The number of anilines is 1. The van der Waals surface area contributed by atoms with E-state index in [1.807, 2.05) is 20.0 Å². The summed E-state index contributed by atoms with van der Waals surface area (Å²) in [4.78, 5) is 2.24. The maximum Gasteiger partial charge on any atom is 0.123 e. The Labute approximate surface area is 108 Å². The fraction of sp³-hybridized carbons (Fsp3) is 0.571. The maximum absolute atomic E-state index is 13.3. The number of aliphatic hydroxyl groups is 1. The molecule has 0 aliphatic carbocycles. The molecule has 0 saturated carbocycles. The van der Waals surface area contributed by atoms with Crippen LogP contribution in [0.15, 0.2) is 18.2 Å². The molecular formula is C14H21FN2O. The molecule has 0 bridgehead atoms. The Bertz CT molecular complexity index is 409. The number of rotatable bonds is 4. The van der Waals surface area contributed by atoms with Gasteiger partial charge in [-0.05, 0) is 44.2 Å². The van der Waals surface area contributed by atoms with Crippen LogP contribution in [0.1, 0.15) is 18.9 Å². The largest absolute Gasteiger partial charge is 0.393 e. The van der Waals surface area contributed by atoms with Crippen molar-refractivity contribution in [2.24, 2.45) is 5.92 Å². The zero-order valence-corrected chi connectivity index (χ0v) is 11.0. The Hall–Kier alpha value is -1.13. The normalized spacial score (nSPS) is 21.3. The van der Waals surface area contributed by atoms with Gasteiger partial charge in [-0.25, -0.2) is 4.39 Å². The molecule has 4 heteroatoms. The van der Waals surface area contributed by atoms with E-state index in [0.717, 1.165) is 30.8 Å². The third kappa shape index (κ3) is 2.82. The molecule has 1 aliphatic heterocycles. The van der Waals surface area contributed by atoms with Crippen molar-refractivity contribution in [3.63, 3.8) is 0 Å². The van der Waals surface area contributed by atoms with Crippen LogP contribution < -0.4 is 10.2 Å². The van der Waals surface area contributed by atoms with Crippen molar-refractivity contribution >= 4 is 5.69 Å². The topological polar surface area (TPSA) is 35.5 Å². The van der Waals surface area contributed by atoms with E-state index in [2.05, 4.69) is 10.2 Å². The molecule has 0 radical (unpaired) electrons. The molecule has 100 valence electrons. The van der Waals surface area contributed by atoms with Gasteiger partial charge in [-0.1, -0.05) is 0 Å². The number of hydrogen-bond donors (Lipinski definition) is 2. The number of hydrogen-bond acceptors (Lipinski definition) is 3. The van der Waals surface area contributed by atoms with Crippen LogP contribution in [0.5, 0.6) is 0 Å². The highest BCUT2D eigenvalue weighted by atomic mass is 19.1. The molecule has 1 aliphatic rings. The van der Waals surface area contributed by atoms with Crippen molar-refractivity contribution in [2.45, 2.75) is 26.0 Å². The fourth-order valence-corrected chi connectivity index (χ4v) is 2.59. The van der Waals surface area contributed by atoms with E-state index in [4.69, 9.17) is 0 Å². The molecule has 2 rings (SSSR count). The van der Waals surface area contributed by atoms with E-state index in [9.17, 15) is 9.50 Å². The van der Waals surface area contributed by atoms with E-state index in [1.165, 1.54) is 6.07 Å². The Morgan fingerprint density at radius 3 is 2.94 bits per heavy atom. The number of aliphatic hydroxyl groups excluding tert-OH is 1. The lowest BCUT2D eigenvalue weighted by Crippen LogP contribution is -2.25. The molecule has 0 amide bonds. The summed E-state index contributed by atoms with van der Waals surface area (Å²) in [5, 5.41) is 12.7. The third-order valence-electron chi connectivity index (χ3n) is 3.66. The first-order valence-electron chi connectivity index (χ1n) is 6.48. The summed E-state index contributed by atoms with van der Waals surface area (Å²) in [5.41, 5.74) is 2.05. The third-order valence-corrected chi connectivity index (χ3v) is 3.66. The molecule has 1 aromatic carbocycles.